The van der Waals surface area contributed by atoms with Gasteiger partial charge in [-0.3, -0.25) is 19.2 Å². The lowest BCUT2D eigenvalue weighted by Crippen LogP contribution is -2.41. The maximum Gasteiger partial charge on any atom is 0.266 e. The molecule has 2 atom stereocenters. The van der Waals surface area contributed by atoms with E-state index in [1.807, 2.05) is 32.0 Å². The zero-order chi connectivity index (χ0) is 51.6. The van der Waals surface area contributed by atoms with E-state index in [2.05, 4.69) is 13.8 Å². The van der Waals surface area contributed by atoms with Crippen molar-refractivity contribution in [3.05, 3.63) is 102 Å². The summed E-state index contributed by atoms with van der Waals surface area (Å²) in [5.74, 6) is 3.60. The molecule has 7 aromatic carbocycles. The topological polar surface area (TPSA) is 112 Å². The zero-order valence-corrected chi connectivity index (χ0v) is 45.0. The molecule has 0 bridgehead atoms. The molecule has 2 unspecified atom stereocenters. The van der Waals surface area contributed by atoms with Crippen molar-refractivity contribution in [3.63, 3.8) is 0 Å². The molecule has 2 saturated carbocycles. The molecule has 7 aromatic rings. The van der Waals surface area contributed by atoms with Crippen molar-refractivity contribution in [2.24, 2.45) is 35.5 Å². The minimum Gasteiger partial charge on any atom is -0.489 e. The highest BCUT2D eigenvalue weighted by Gasteiger charge is 2.40. The SMILES string of the molecule is CCC1CCC(C2COc3cc(C)c(N4C(=O)c5cc(Cl)c6c7c(Cl)cc(C=O)c8c(C(=O)N(C)c9cc%10c(cc9C)OCC(C9CCC(C)CC9)CO%10)cc(Cl)c(c9c(Cl)cc(c5c69)C4=O)c87)cc3OC2)CC1. The average Bonchev–Trinajstić information content (AvgIpc) is 3.75. The summed E-state index contributed by atoms with van der Waals surface area (Å²) in [7, 11) is 1.67. The van der Waals surface area contributed by atoms with Gasteiger partial charge in [-0.25, -0.2) is 4.90 Å². The maximum atomic E-state index is 15.1. The lowest BCUT2D eigenvalue weighted by Gasteiger charge is -2.32. The van der Waals surface area contributed by atoms with E-state index >= 15 is 14.4 Å². The first kappa shape index (κ1) is 49.4. The van der Waals surface area contributed by atoms with Crippen LogP contribution in [0.2, 0.25) is 20.1 Å². The second-order valence-electron chi connectivity index (χ2n) is 21.7. The summed E-state index contributed by atoms with van der Waals surface area (Å²) < 4.78 is 25.7. The van der Waals surface area contributed by atoms with Gasteiger partial charge in [0.15, 0.2) is 29.3 Å². The van der Waals surface area contributed by atoms with Gasteiger partial charge in [0.2, 0.25) is 0 Å². The molecule has 2 fully saturated rings. The summed E-state index contributed by atoms with van der Waals surface area (Å²) in [4.78, 5) is 61.0. The van der Waals surface area contributed by atoms with E-state index in [-0.39, 0.29) is 59.6 Å². The molecule has 0 aromatic heterocycles. The summed E-state index contributed by atoms with van der Waals surface area (Å²) in [6.45, 7) is 10.4. The number of aldehydes is 1. The predicted octanol–water partition coefficient (Wildman–Crippen LogP) is 15.7. The van der Waals surface area contributed by atoms with Gasteiger partial charge in [-0.1, -0.05) is 92.4 Å². The van der Waals surface area contributed by atoms with E-state index in [1.54, 1.807) is 31.3 Å². The van der Waals surface area contributed by atoms with Crippen LogP contribution < -0.4 is 28.7 Å². The first-order chi connectivity index (χ1) is 35.6. The normalized spacial score (nSPS) is 22.9. The summed E-state index contributed by atoms with van der Waals surface area (Å²) >= 11 is 29.4. The van der Waals surface area contributed by atoms with Crippen molar-refractivity contribution >= 4 is 125 Å². The number of hydrogen-bond donors (Lipinski definition) is 0. The number of imide groups is 1. The minimum atomic E-state index is -0.593. The summed E-state index contributed by atoms with van der Waals surface area (Å²) in [5, 5.41) is 3.49. The fraction of sp³-hybridized carbons (Fsp3) is 0.400. The minimum absolute atomic E-state index is 0.131. The Balaban J connectivity index is 0.935. The molecule has 14 heteroatoms. The third kappa shape index (κ3) is 7.86. The van der Waals surface area contributed by atoms with Gasteiger partial charge in [-0.15, -0.1) is 0 Å². The van der Waals surface area contributed by atoms with E-state index < -0.39 is 17.7 Å². The van der Waals surface area contributed by atoms with E-state index in [0.29, 0.717) is 122 Å². The van der Waals surface area contributed by atoms with Gasteiger partial charge in [-0.05, 0) is 111 Å². The van der Waals surface area contributed by atoms with Gasteiger partial charge < -0.3 is 23.8 Å². The Labute approximate surface area is 449 Å². The van der Waals surface area contributed by atoms with Crippen LogP contribution in [0.25, 0.3) is 43.1 Å². The fourth-order valence-corrected chi connectivity index (χ4v) is 14.4. The fourth-order valence-electron chi connectivity index (χ4n) is 13.2. The third-order valence-electron chi connectivity index (χ3n) is 17.5. The number of fused-ring (bicyclic) bond motifs is 4. The Morgan fingerprint density at radius 3 is 1.57 bits per heavy atom. The molecular weight excluding hydrogens is 1020 g/mol. The van der Waals surface area contributed by atoms with Crippen LogP contribution in [0.4, 0.5) is 11.4 Å². The molecule has 0 spiro atoms. The lowest BCUT2D eigenvalue weighted by atomic mass is 9.75. The van der Waals surface area contributed by atoms with E-state index in [9.17, 15) is 4.79 Å². The molecular formula is C60H56Cl4N2O8. The van der Waals surface area contributed by atoms with Gasteiger partial charge in [-0.2, -0.15) is 0 Å². The highest BCUT2D eigenvalue weighted by molar-refractivity contribution is 6.56. The largest absolute Gasteiger partial charge is 0.489 e. The summed E-state index contributed by atoms with van der Waals surface area (Å²) in [6.07, 6.45) is 11.3. The van der Waals surface area contributed by atoms with Crippen molar-refractivity contribution in [2.45, 2.75) is 85.5 Å². The number of nitrogens with zero attached hydrogens (tertiary/aromatic N) is 2. The number of ether oxygens (including phenoxy) is 4. The molecule has 0 radical (unpaired) electrons. The van der Waals surface area contributed by atoms with Gasteiger partial charge in [0.1, 0.15) is 0 Å². The van der Waals surface area contributed by atoms with Crippen LogP contribution in [-0.4, -0.2) is 57.5 Å². The molecule has 74 heavy (non-hydrogen) atoms. The monoisotopic (exact) mass is 1070 g/mol. The number of hydrogen-bond acceptors (Lipinski definition) is 8. The van der Waals surface area contributed by atoms with Gasteiger partial charge in [0.05, 0.1) is 48.9 Å². The Bertz CT molecular complexity index is 3470. The Morgan fingerprint density at radius 1 is 0.581 bits per heavy atom. The maximum absolute atomic E-state index is 15.1. The van der Waals surface area contributed by atoms with Crippen LogP contribution in [-0.2, 0) is 0 Å². The van der Waals surface area contributed by atoms with Crippen LogP contribution >= 0.6 is 46.4 Å². The Hall–Kier alpha value is -5.52. The highest BCUT2D eigenvalue weighted by atomic mass is 35.5. The number of rotatable bonds is 7. The molecule has 12 rings (SSSR count). The molecule has 3 amide bonds. The van der Waals surface area contributed by atoms with Crippen molar-refractivity contribution < 1.29 is 38.1 Å². The standard InChI is InChI=1S/C60H56Cl4N2O8/c1-6-31-9-13-33(14-10-31)36-25-72-47-16-30(4)45(22-49(47)74-27-36)66-59(69)38-19-42(63)54-52-40(61)17-34(23-67)50-37(18-41(62)53(56(50)52)55-43(64)20-39(60(66)70)51(38)57(54)55)58(68)65(5)44-21-48-46(15-29(44)3)71-24-35(26-73-48)32-11-7-28(2)8-12-32/h15-23,28,31-33,35-36H,6-14,24-27H2,1-5H3. The summed E-state index contributed by atoms with van der Waals surface area (Å²) in [6, 6.07) is 13.4. The third-order valence-corrected chi connectivity index (χ3v) is 18.7. The van der Waals surface area contributed by atoms with Crippen LogP contribution in [0.15, 0.2) is 48.5 Å². The van der Waals surface area contributed by atoms with Gasteiger partial charge >= 0.3 is 0 Å². The van der Waals surface area contributed by atoms with Crippen LogP contribution in [0.5, 0.6) is 23.0 Å². The number of carbonyl (C=O) groups is 4. The Morgan fingerprint density at radius 2 is 1.04 bits per heavy atom. The van der Waals surface area contributed by atoms with Gasteiger partial charge in [0, 0.05) is 105 Å². The van der Waals surface area contributed by atoms with Crippen molar-refractivity contribution in [1.29, 1.82) is 0 Å². The second kappa shape index (κ2) is 18.9. The van der Waals surface area contributed by atoms with E-state index in [1.165, 1.54) is 43.1 Å². The summed E-state index contributed by atoms with van der Waals surface area (Å²) in [5.41, 5.74) is 2.97. The average molecular weight is 1070 g/mol. The van der Waals surface area contributed by atoms with E-state index in [0.717, 1.165) is 48.0 Å². The molecule has 5 aliphatic rings. The predicted molar refractivity (Wildman–Crippen MR) is 295 cm³/mol. The molecule has 382 valence electrons. The van der Waals surface area contributed by atoms with Crippen LogP contribution in [0.3, 0.4) is 0 Å². The second-order valence-corrected chi connectivity index (χ2v) is 23.4. The zero-order valence-electron chi connectivity index (χ0n) is 42.0. The molecule has 3 aliphatic heterocycles. The molecule has 0 saturated heterocycles. The molecule has 2 aliphatic carbocycles. The van der Waals surface area contributed by atoms with Gasteiger partial charge in [0.25, 0.3) is 17.7 Å². The van der Waals surface area contributed by atoms with E-state index in [4.69, 9.17) is 65.4 Å². The lowest BCUT2D eigenvalue weighted by molar-refractivity contribution is 0.0891. The molecule has 0 N–H and O–H groups in total. The van der Waals surface area contributed by atoms with Crippen molar-refractivity contribution in [1.82, 2.24) is 0 Å². The smallest absolute Gasteiger partial charge is 0.266 e. The van der Waals surface area contributed by atoms with Crippen molar-refractivity contribution in [2.75, 3.05) is 43.3 Å². The highest BCUT2D eigenvalue weighted by Crippen LogP contribution is 2.54. The quantitative estimate of drug-likeness (QED) is 0.0672. The van der Waals surface area contributed by atoms with Crippen LogP contribution in [0, 0.1) is 49.4 Å². The first-order valence-electron chi connectivity index (χ1n) is 26.1. The Kier molecular flexibility index (Phi) is 12.6. The first-order valence-corrected chi connectivity index (χ1v) is 27.6. The number of benzene rings is 7. The number of amides is 3. The number of carbonyl (C=O) groups excluding carboxylic acids is 4. The molecule has 10 nitrogen and oxygen atoms in total. The number of halogens is 4. The van der Waals surface area contributed by atoms with Crippen LogP contribution in [0.1, 0.15) is 124 Å². The number of aryl methyl sites for hydroxylation is 2. The number of anilines is 2. The molecule has 3 heterocycles. The van der Waals surface area contributed by atoms with Crippen molar-refractivity contribution in [3.8, 4) is 23.0 Å².